The Morgan fingerprint density at radius 2 is 2.05 bits per heavy atom. The zero-order chi connectivity index (χ0) is 15.9. The number of carbonyl (C=O) groups excluding carboxylic acids is 1. The van der Waals surface area contributed by atoms with Gasteiger partial charge in [-0.25, -0.2) is 14.6 Å². The van der Waals surface area contributed by atoms with Crippen LogP contribution < -0.4 is 10.6 Å². The molecule has 0 aliphatic heterocycles. The van der Waals surface area contributed by atoms with E-state index >= 15 is 0 Å². The lowest BCUT2D eigenvalue weighted by Crippen LogP contribution is -2.42. The van der Waals surface area contributed by atoms with Crippen LogP contribution in [0.5, 0.6) is 0 Å². The van der Waals surface area contributed by atoms with Gasteiger partial charge in [0, 0.05) is 31.5 Å². The predicted octanol–water partition coefficient (Wildman–Crippen LogP) is 1.47. The summed E-state index contributed by atoms with van der Waals surface area (Å²) < 4.78 is 1.88. The fourth-order valence-electron chi connectivity index (χ4n) is 1.98. The van der Waals surface area contributed by atoms with Gasteiger partial charge in [0.05, 0.1) is 11.9 Å². The molecule has 1 aromatic carbocycles. The van der Waals surface area contributed by atoms with Gasteiger partial charge in [-0.15, -0.1) is 0 Å². The molecule has 1 atom stereocenters. The molecular weight excluding hydrogens is 284 g/mol. The topological polar surface area (TPSA) is 96.3 Å². The number of hydrogen-bond donors (Lipinski definition) is 3. The first-order valence-electron chi connectivity index (χ1n) is 6.87. The van der Waals surface area contributed by atoms with E-state index in [4.69, 9.17) is 5.11 Å². The van der Waals surface area contributed by atoms with Gasteiger partial charge in [0.25, 0.3) is 0 Å². The molecule has 22 heavy (non-hydrogen) atoms. The second-order valence-corrected chi connectivity index (χ2v) is 4.99. The summed E-state index contributed by atoms with van der Waals surface area (Å²) in [5.74, 6) is -0.967. The van der Waals surface area contributed by atoms with Crippen molar-refractivity contribution in [3.63, 3.8) is 0 Å². The number of benzene rings is 1. The Balaban J connectivity index is 1.76. The smallest absolute Gasteiger partial charge is 0.335 e. The SMILES string of the molecule is CC(Cn1ccnc1)NC(=O)NCc1ccc(C(=O)O)cc1. The Hall–Kier alpha value is -2.83. The van der Waals surface area contributed by atoms with Gasteiger partial charge in [-0.3, -0.25) is 0 Å². The molecule has 1 unspecified atom stereocenters. The molecule has 1 heterocycles. The number of nitrogens with zero attached hydrogens (tertiary/aromatic N) is 2. The van der Waals surface area contributed by atoms with E-state index in [2.05, 4.69) is 15.6 Å². The highest BCUT2D eigenvalue weighted by atomic mass is 16.4. The van der Waals surface area contributed by atoms with Gasteiger partial charge in [-0.2, -0.15) is 0 Å². The molecule has 2 rings (SSSR count). The van der Waals surface area contributed by atoms with Crippen molar-refractivity contribution in [3.8, 4) is 0 Å². The number of aromatic nitrogens is 2. The minimum absolute atomic E-state index is 0.0383. The van der Waals surface area contributed by atoms with Crippen molar-refractivity contribution in [3.05, 3.63) is 54.1 Å². The Morgan fingerprint density at radius 1 is 1.32 bits per heavy atom. The van der Waals surface area contributed by atoms with Crippen LogP contribution >= 0.6 is 0 Å². The Bertz CT molecular complexity index is 623. The number of rotatable bonds is 6. The maximum Gasteiger partial charge on any atom is 0.335 e. The number of carboxylic acids is 1. The highest BCUT2D eigenvalue weighted by Gasteiger charge is 2.08. The van der Waals surface area contributed by atoms with Gasteiger partial charge < -0.3 is 20.3 Å². The van der Waals surface area contributed by atoms with E-state index in [9.17, 15) is 9.59 Å². The first-order chi connectivity index (χ1) is 10.5. The maximum absolute atomic E-state index is 11.8. The molecule has 7 heteroatoms. The van der Waals surface area contributed by atoms with Crippen LogP contribution in [0.2, 0.25) is 0 Å². The highest BCUT2D eigenvalue weighted by Crippen LogP contribution is 2.04. The summed E-state index contributed by atoms with van der Waals surface area (Å²) in [5, 5.41) is 14.4. The fourth-order valence-corrected chi connectivity index (χ4v) is 1.98. The van der Waals surface area contributed by atoms with Gasteiger partial charge in [-0.05, 0) is 24.6 Å². The van der Waals surface area contributed by atoms with Crippen LogP contribution in [0, 0.1) is 0 Å². The lowest BCUT2D eigenvalue weighted by molar-refractivity contribution is 0.0697. The third-order valence-corrected chi connectivity index (χ3v) is 3.08. The van der Waals surface area contributed by atoms with Crippen molar-refractivity contribution in [2.24, 2.45) is 0 Å². The molecular formula is C15H18N4O3. The number of imidazole rings is 1. The number of nitrogens with one attached hydrogen (secondary N) is 2. The van der Waals surface area contributed by atoms with E-state index in [0.29, 0.717) is 13.1 Å². The van der Waals surface area contributed by atoms with E-state index in [1.165, 1.54) is 12.1 Å². The van der Waals surface area contributed by atoms with Crippen LogP contribution in [-0.2, 0) is 13.1 Å². The van der Waals surface area contributed by atoms with Crippen LogP contribution in [0.15, 0.2) is 43.0 Å². The molecule has 2 amide bonds. The lowest BCUT2D eigenvalue weighted by Gasteiger charge is -2.15. The second kappa shape index (κ2) is 7.26. The zero-order valence-electron chi connectivity index (χ0n) is 12.2. The van der Waals surface area contributed by atoms with Crippen LogP contribution in [0.4, 0.5) is 4.79 Å². The molecule has 0 spiro atoms. The quantitative estimate of drug-likeness (QED) is 0.753. The minimum Gasteiger partial charge on any atom is -0.478 e. The van der Waals surface area contributed by atoms with E-state index in [1.807, 2.05) is 17.7 Å². The van der Waals surface area contributed by atoms with Crippen LogP contribution in [0.25, 0.3) is 0 Å². The summed E-state index contributed by atoms with van der Waals surface area (Å²) in [6, 6.07) is 6.08. The number of urea groups is 1. The monoisotopic (exact) mass is 302 g/mol. The molecule has 0 fully saturated rings. The Morgan fingerprint density at radius 3 is 2.64 bits per heavy atom. The molecule has 0 aliphatic carbocycles. The number of aromatic carboxylic acids is 1. The molecule has 1 aromatic heterocycles. The summed E-state index contributed by atoms with van der Waals surface area (Å²) in [7, 11) is 0. The number of hydrogen-bond acceptors (Lipinski definition) is 3. The largest absolute Gasteiger partial charge is 0.478 e. The fraction of sp³-hybridized carbons (Fsp3) is 0.267. The summed E-state index contributed by atoms with van der Waals surface area (Å²) in [6.07, 6.45) is 5.22. The lowest BCUT2D eigenvalue weighted by atomic mass is 10.1. The molecule has 0 aliphatic rings. The van der Waals surface area contributed by atoms with Crippen molar-refractivity contribution in [2.75, 3.05) is 0 Å². The van der Waals surface area contributed by atoms with Gasteiger partial charge in [-0.1, -0.05) is 12.1 Å². The van der Waals surface area contributed by atoms with Gasteiger partial charge in [0.15, 0.2) is 0 Å². The van der Waals surface area contributed by atoms with Crippen molar-refractivity contribution >= 4 is 12.0 Å². The van der Waals surface area contributed by atoms with Crippen LogP contribution in [0.1, 0.15) is 22.8 Å². The number of carboxylic acid groups (broad SMARTS) is 1. The Kier molecular flexibility index (Phi) is 5.13. The van der Waals surface area contributed by atoms with Crippen molar-refractivity contribution in [2.45, 2.75) is 26.1 Å². The third kappa shape index (κ3) is 4.62. The summed E-state index contributed by atoms with van der Waals surface area (Å²) >= 11 is 0. The van der Waals surface area contributed by atoms with E-state index in [0.717, 1.165) is 5.56 Å². The molecule has 3 N–H and O–H groups in total. The van der Waals surface area contributed by atoms with Crippen molar-refractivity contribution in [1.82, 2.24) is 20.2 Å². The van der Waals surface area contributed by atoms with E-state index in [-0.39, 0.29) is 17.6 Å². The summed E-state index contributed by atoms with van der Waals surface area (Å²) in [5.41, 5.74) is 1.06. The Labute approximate surface area is 128 Å². The normalized spacial score (nSPS) is 11.7. The molecule has 116 valence electrons. The molecule has 7 nitrogen and oxygen atoms in total. The second-order valence-electron chi connectivity index (χ2n) is 4.99. The average Bonchev–Trinajstić information content (AvgIpc) is 2.98. The zero-order valence-corrected chi connectivity index (χ0v) is 12.2. The van der Waals surface area contributed by atoms with Gasteiger partial charge >= 0.3 is 12.0 Å². The summed E-state index contributed by atoms with van der Waals surface area (Å²) in [6.45, 7) is 2.88. The predicted molar refractivity (Wildman–Crippen MR) is 80.5 cm³/mol. The highest BCUT2D eigenvalue weighted by molar-refractivity contribution is 5.87. The standard InChI is InChI=1S/C15H18N4O3/c1-11(9-19-7-6-16-10-19)18-15(22)17-8-12-2-4-13(5-3-12)14(20)21/h2-7,10-11H,8-9H2,1H3,(H,20,21)(H2,17,18,22). The molecule has 0 radical (unpaired) electrons. The van der Waals surface area contributed by atoms with Crippen LogP contribution in [-0.4, -0.2) is 32.7 Å². The third-order valence-electron chi connectivity index (χ3n) is 3.08. The molecule has 2 aromatic rings. The molecule has 0 saturated carbocycles. The molecule has 0 bridgehead atoms. The maximum atomic E-state index is 11.8. The van der Waals surface area contributed by atoms with E-state index in [1.54, 1.807) is 24.7 Å². The minimum atomic E-state index is -0.967. The number of carbonyl (C=O) groups is 2. The van der Waals surface area contributed by atoms with Crippen LogP contribution in [0.3, 0.4) is 0 Å². The first-order valence-corrected chi connectivity index (χ1v) is 6.87. The van der Waals surface area contributed by atoms with Gasteiger partial charge in [0.2, 0.25) is 0 Å². The van der Waals surface area contributed by atoms with Crippen molar-refractivity contribution < 1.29 is 14.7 Å². The van der Waals surface area contributed by atoms with E-state index < -0.39 is 5.97 Å². The average molecular weight is 302 g/mol. The molecule has 0 saturated heterocycles. The number of amides is 2. The first kappa shape index (κ1) is 15.6. The van der Waals surface area contributed by atoms with Crippen molar-refractivity contribution in [1.29, 1.82) is 0 Å². The summed E-state index contributed by atoms with van der Waals surface area (Å²) in [4.78, 5) is 26.5. The van der Waals surface area contributed by atoms with Gasteiger partial charge in [0.1, 0.15) is 0 Å².